The van der Waals surface area contributed by atoms with Crippen LogP contribution in [-0.4, -0.2) is 30.8 Å². The van der Waals surface area contributed by atoms with Crippen LogP contribution >= 0.6 is 11.6 Å². The third kappa shape index (κ3) is 2.72. The summed E-state index contributed by atoms with van der Waals surface area (Å²) in [4.78, 5) is 2.53. The lowest BCUT2D eigenvalue weighted by molar-refractivity contribution is 0.149. The van der Waals surface area contributed by atoms with Crippen LogP contribution in [0.3, 0.4) is 0 Å². The van der Waals surface area contributed by atoms with Gasteiger partial charge in [-0.05, 0) is 43.0 Å². The van der Waals surface area contributed by atoms with Crippen molar-refractivity contribution in [1.29, 1.82) is 0 Å². The zero-order valence-corrected chi connectivity index (χ0v) is 13.4. The molecule has 0 amide bonds. The van der Waals surface area contributed by atoms with E-state index >= 15 is 0 Å². The van der Waals surface area contributed by atoms with Gasteiger partial charge in [0.1, 0.15) is 0 Å². The van der Waals surface area contributed by atoms with Crippen LogP contribution in [0.1, 0.15) is 38.3 Å². The van der Waals surface area contributed by atoms with Gasteiger partial charge >= 0.3 is 0 Å². The molecule has 0 aromatic heterocycles. The van der Waals surface area contributed by atoms with Crippen LogP contribution in [0.15, 0.2) is 12.1 Å². The lowest BCUT2D eigenvalue weighted by Gasteiger charge is -2.35. The third-order valence-electron chi connectivity index (χ3n) is 4.57. The van der Waals surface area contributed by atoms with Crippen molar-refractivity contribution in [2.45, 2.75) is 38.8 Å². The van der Waals surface area contributed by atoms with Crippen LogP contribution in [0.2, 0.25) is 5.02 Å². The van der Waals surface area contributed by atoms with Gasteiger partial charge in [0.05, 0.1) is 5.02 Å². The molecule has 1 aromatic rings. The van der Waals surface area contributed by atoms with E-state index in [-0.39, 0.29) is 12.8 Å². The smallest absolute Gasteiger partial charge is 0.231 e. The Labute approximate surface area is 131 Å². The Morgan fingerprint density at radius 2 is 2.19 bits per heavy atom. The molecule has 1 fully saturated rings. The first kappa shape index (κ1) is 14.9. The van der Waals surface area contributed by atoms with Gasteiger partial charge in [0.2, 0.25) is 6.79 Å². The van der Waals surface area contributed by atoms with E-state index in [9.17, 15) is 0 Å². The molecule has 2 aliphatic heterocycles. The van der Waals surface area contributed by atoms with Gasteiger partial charge in [-0.1, -0.05) is 25.4 Å². The molecule has 0 saturated carbocycles. The molecule has 116 valence electrons. The molecule has 0 aliphatic carbocycles. The van der Waals surface area contributed by atoms with Crippen molar-refractivity contribution >= 4 is 11.6 Å². The van der Waals surface area contributed by atoms with E-state index in [1.54, 1.807) is 0 Å². The minimum Gasteiger partial charge on any atom is -0.454 e. The lowest BCUT2D eigenvalue weighted by atomic mass is 9.98. The fraction of sp³-hybridized carbons (Fsp3) is 0.625. The summed E-state index contributed by atoms with van der Waals surface area (Å²) in [6.07, 6.45) is 2.48. The fourth-order valence-electron chi connectivity index (χ4n) is 3.56. The van der Waals surface area contributed by atoms with Crippen molar-refractivity contribution in [3.05, 3.63) is 22.7 Å². The van der Waals surface area contributed by atoms with Crippen LogP contribution in [0.4, 0.5) is 0 Å². The summed E-state index contributed by atoms with van der Waals surface area (Å²) in [5, 5.41) is 0.610. The molecule has 1 aromatic carbocycles. The standard InChI is InChI=1S/C16H23ClN2O2/c1-10(2)13-4-3-5-19(13)14(8-18)11-6-12(17)16-15(7-11)20-9-21-16/h6-7,10,13-14H,3-5,8-9,18H2,1-2H3. The Hall–Kier alpha value is -0.970. The Bertz CT molecular complexity index is 521. The van der Waals surface area contributed by atoms with Gasteiger partial charge in [0, 0.05) is 18.6 Å². The van der Waals surface area contributed by atoms with Crippen LogP contribution < -0.4 is 15.2 Å². The number of hydrogen-bond acceptors (Lipinski definition) is 4. The van der Waals surface area contributed by atoms with Gasteiger partial charge in [-0.25, -0.2) is 0 Å². The summed E-state index contributed by atoms with van der Waals surface area (Å²) < 4.78 is 10.9. The highest BCUT2D eigenvalue weighted by molar-refractivity contribution is 6.32. The fourth-order valence-corrected chi connectivity index (χ4v) is 3.83. The quantitative estimate of drug-likeness (QED) is 0.928. The summed E-state index contributed by atoms with van der Waals surface area (Å²) in [6.45, 7) is 6.48. The van der Waals surface area contributed by atoms with E-state index in [1.165, 1.54) is 12.8 Å². The van der Waals surface area contributed by atoms with Gasteiger partial charge in [-0.3, -0.25) is 4.90 Å². The number of hydrogen-bond donors (Lipinski definition) is 1. The first-order chi connectivity index (χ1) is 10.1. The first-order valence-corrected chi connectivity index (χ1v) is 8.04. The van der Waals surface area contributed by atoms with Gasteiger partial charge in [-0.2, -0.15) is 0 Å². The number of likely N-dealkylation sites (tertiary alicyclic amines) is 1. The average Bonchev–Trinajstić information content (AvgIpc) is 3.08. The lowest BCUT2D eigenvalue weighted by Crippen LogP contribution is -2.39. The molecule has 21 heavy (non-hydrogen) atoms. The molecule has 2 aliphatic rings. The summed E-state index contributed by atoms with van der Waals surface area (Å²) in [5.74, 6) is 2.01. The number of rotatable bonds is 4. The van der Waals surface area contributed by atoms with Crippen molar-refractivity contribution < 1.29 is 9.47 Å². The maximum absolute atomic E-state index is 6.32. The second kappa shape index (κ2) is 6.03. The molecule has 4 nitrogen and oxygen atoms in total. The van der Waals surface area contributed by atoms with Gasteiger partial charge < -0.3 is 15.2 Å². The number of ether oxygens (including phenoxy) is 2. The van der Waals surface area contributed by atoms with E-state index in [4.69, 9.17) is 26.8 Å². The Morgan fingerprint density at radius 3 is 2.90 bits per heavy atom. The van der Waals surface area contributed by atoms with E-state index in [0.29, 0.717) is 29.3 Å². The Balaban J connectivity index is 1.91. The molecule has 2 unspecified atom stereocenters. The van der Waals surface area contributed by atoms with E-state index in [2.05, 4.69) is 18.7 Å². The zero-order chi connectivity index (χ0) is 15.0. The van der Waals surface area contributed by atoms with Crippen molar-refractivity contribution in [2.75, 3.05) is 19.9 Å². The Kier molecular flexibility index (Phi) is 4.29. The second-order valence-corrected chi connectivity index (χ2v) is 6.59. The van der Waals surface area contributed by atoms with Crippen molar-refractivity contribution in [3.8, 4) is 11.5 Å². The molecule has 0 spiro atoms. The van der Waals surface area contributed by atoms with Gasteiger partial charge in [0.25, 0.3) is 0 Å². The predicted octanol–water partition coefficient (Wildman–Crippen LogP) is 3.19. The molecule has 2 atom stereocenters. The molecular weight excluding hydrogens is 288 g/mol. The molecule has 1 saturated heterocycles. The van der Waals surface area contributed by atoms with Crippen LogP contribution in [-0.2, 0) is 0 Å². The summed E-state index contributed by atoms with van der Waals surface area (Å²) in [6, 6.07) is 4.78. The second-order valence-electron chi connectivity index (χ2n) is 6.18. The summed E-state index contributed by atoms with van der Waals surface area (Å²) >= 11 is 6.32. The maximum atomic E-state index is 6.32. The normalized spacial score (nSPS) is 23.0. The molecule has 3 rings (SSSR count). The van der Waals surface area contributed by atoms with Crippen LogP contribution in [0, 0.1) is 5.92 Å². The number of nitrogens with zero attached hydrogens (tertiary/aromatic N) is 1. The maximum Gasteiger partial charge on any atom is 0.231 e. The highest BCUT2D eigenvalue weighted by Gasteiger charge is 2.33. The largest absolute Gasteiger partial charge is 0.454 e. The van der Waals surface area contributed by atoms with Crippen molar-refractivity contribution in [2.24, 2.45) is 11.7 Å². The SMILES string of the molecule is CC(C)C1CCCN1C(CN)c1cc(Cl)c2c(c1)OCO2. The molecule has 2 N–H and O–H groups in total. The predicted molar refractivity (Wildman–Crippen MR) is 83.9 cm³/mol. The first-order valence-electron chi connectivity index (χ1n) is 7.66. The number of benzene rings is 1. The number of nitrogens with two attached hydrogens (primary N) is 1. The van der Waals surface area contributed by atoms with E-state index < -0.39 is 0 Å². The highest BCUT2D eigenvalue weighted by Crippen LogP contribution is 2.43. The molecule has 0 bridgehead atoms. The van der Waals surface area contributed by atoms with Crippen molar-refractivity contribution in [1.82, 2.24) is 4.90 Å². The summed E-state index contributed by atoms with van der Waals surface area (Å²) in [5.41, 5.74) is 7.21. The van der Waals surface area contributed by atoms with Gasteiger partial charge in [-0.15, -0.1) is 0 Å². The van der Waals surface area contributed by atoms with Gasteiger partial charge in [0.15, 0.2) is 11.5 Å². The summed E-state index contributed by atoms with van der Waals surface area (Å²) in [7, 11) is 0. The molecule has 5 heteroatoms. The van der Waals surface area contributed by atoms with Crippen LogP contribution in [0.25, 0.3) is 0 Å². The third-order valence-corrected chi connectivity index (χ3v) is 4.85. The van der Waals surface area contributed by atoms with Crippen molar-refractivity contribution in [3.63, 3.8) is 0 Å². The number of halogens is 1. The molecule has 2 heterocycles. The monoisotopic (exact) mass is 310 g/mol. The van der Waals surface area contributed by atoms with Crippen LogP contribution in [0.5, 0.6) is 11.5 Å². The highest BCUT2D eigenvalue weighted by atomic mass is 35.5. The zero-order valence-electron chi connectivity index (χ0n) is 12.6. The van der Waals surface area contributed by atoms with E-state index in [0.717, 1.165) is 17.9 Å². The minimum atomic E-state index is 0.187. The molecule has 0 radical (unpaired) electrons. The molecular formula is C16H23ClN2O2. The topological polar surface area (TPSA) is 47.7 Å². The van der Waals surface area contributed by atoms with E-state index in [1.807, 2.05) is 12.1 Å². The minimum absolute atomic E-state index is 0.187. The number of fused-ring (bicyclic) bond motifs is 1. The Morgan fingerprint density at radius 1 is 1.38 bits per heavy atom. The average molecular weight is 311 g/mol.